The second kappa shape index (κ2) is 6.92. The van der Waals surface area contributed by atoms with Gasteiger partial charge in [-0.3, -0.25) is 0 Å². The minimum Gasteiger partial charge on any atom is -0.489 e. The monoisotopic (exact) mass is 325 g/mol. The topological polar surface area (TPSA) is 21.3 Å². The van der Waals surface area contributed by atoms with Crippen molar-refractivity contribution in [2.24, 2.45) is 0 Å². The van der Waals surface area contributed by atoms with Gasteiger partial charge in [-0.05, 0) is 36.6 Å². The van der Waals surface area contributed by atoms with Crippen LogP contribution in [0.25, 0.3) is 0 Å². The zero-order valence-corrected chi connectivity index (χ0v) is 12.6. The molecule has 2 nitrogen and oxygen atoms in total. The van der Waals surface area contributed by atoms with Crippen molar-refractivity contribution in [3.63, 3.8) is 0 Å². The molecule has 2 aromatic rings. The molecule has 0 amide bonds. The van der Waals surface area contributed by atoms with E-state index in [1.165, 1.54) is 4.88 Å². The molecule has 0 saturated heterocycles. The van der Waals surface area contributed by atoms with Gasteiger partial charge in [0.25, 0.3) is 0 Å². The molecule has 1 heterocycles. The van der Waals surface area contributed by atoms with E-state index < -0.39 is 0 Å². The van der Waals surface area contributed by atoms with Crippen molar-refractivity contribution in [2.45, 2.75) is 19.6 Å². The van der Waals surface area contributed by atoms with E-state index in [-0.39, 0.29) is 6.10 Å². The van der Waals surface area contributed by atoms with Gasteiger partial charge in [-0.1, -0.05) is 28.1 Å². The van der Waals surface area contributed by atoms with Gasteiger partial charge in [0.15, 0.2) is 0 Å². The molecule has 0 aliphatic heterocycles. The number of hydrogen-bond acceptors (Lipinski definition) is 3. The van der Waals surface area contributed by atoms with Crippen LogP contribution in [0.15, 0.2) is 46.3 Å². The predicted octanol–water partition coefficient (Wildman–Crippen LogP) is 4.07. The number of thiophene rings is 1. The lowest BCUT2D eigenvalue weighted by molar-refractivity contribution is 0.217. The molecule has 0 aliphatic rings. The van der Waals surface area contributed by atoms with E-state index in [2.05, 4.69) is 45.7 Å². The lowest BCUT2D eigenvalue weighted by atomic mass is 10.3. The summed E-state index contributed by atoms with van der Waals surface area (Å²) in [5, 5.41) is 5.49. The van der Waals surface area contributed by atoms with Crippen LogP contribution in [0.5, 0.6) is 5.75 Å². The number of ether oxygens (including phenoxy) is 1. The minimum atomic E-state index is 0.152. The molecular weight excluding hydrogens is 310 g/mol. The summed E-state index contributed by atoms with van der Waals surface area (Å²) in [7, 11) is 0. The summed E-state index contributed by atoms with van der Waals surface area (Å²) in [6.07, 6.45) is 0.152. The summed E-state index contributed by atoms with van der Waals surface area (Å²) >= 11 is 5.21. The Morgan fingerprint density at radius 3 is 2.94 bits per heavy atom. The van der Waals surface area contributed by atoms with Crippen LogP contribution in [0, 0.1) is 0 Å². The maximum Gasteiger partial charge on any atom is 0.120 e. The summed E-state index contributed by atoms with van der Waals surface area (Å²) in [6.45, 7) is 3.82. The molecule has 1 aromatic carbocycles. The lowest BCUT2D eigenvalue weighted by Crippen LogP contribution is -2.28. The second-order valence-electron chi connectivity index (χ2n) is 4.10. The summed E-state index contributed by atoms with van der Waals surface area (Å²) in [4.78, 5) is 1.35. The van der Waals surface area contributed by atoms with Crippen molar-refractivity contribution in [2.75, 3.05) is 6.54 Å². The van der Waals surface area contributed by atoms with Crippen LogP contribution >= 0.6 is 27.3 Å². The van der Waals surface area contributed by atoms with Crippen LogP contribution in [-0.4, -0.2) is 12.6 Å². The van der Waals surface area contributed by atoms with Crippen LogP contribution in [-0.2, 0) is 6.54 Å². The van der Waals surface area contributed by atoms with E-state index in [1.807, 2.05) is 24.3 Å². The highest BCUT2D eigenvalue weighted by Gasteiger charge is 2.04. The third-order valence-corrected chi connectivity index (χ3v) is 3.81. The minimum absolute atomic E-state index is 0.152. The Hall–Kier alpha value is -0.840. The first-order valence-electron chi connectivity index (χ1n) is 5.89. The molecule has 0 aliphatic carbocycles. The van der Waals surface area contributed by atoms with Gasteiger partial charge in [-0.15, -0.1) is 11.3 Å². The first kappa shape index (κ1) is 13.6. The highest BCUT2D eigenvalue weighted by atomic mass is 79.9. The number of nitrogens with one attached hydrogen (secondary N) is 1. The average Bonchev–Trinajstić information content (AvgIpc) is 2.82. The number of halogens is 1. The van der Waals surface area contributed by atoms with E-state index in [4.69, 9.17) is 4.74 Å². The third-order valence-electron chi connectivity index (χ3n) is 2.44. The Balaban J connectivity index is 1.73. The van der Waals surface area contributed by atoms with Gasteiger partial charge in [0.05, 0.1) is 0 Å². The summed E-state index contributed by atoms with van der Waals surface area (Å²) in [5.41, 5.74) is 0. The first-order chi connectivity index (χ1) is 8.74. The average molecular weight is 326 g/mol. The zero-order chi connectivity index (χ0) is 12.8. The molecule has 18 heavy (non-hydrogen) atoms. The van der Waals surface area contributed by atoms with Crippen LogP contribution in [0.1, 0.15) is 11.8 Å². The van der Waals surface area contributed by atoms with E-state index in [0.717, 1.165) is 23.3 Å². The van der Waals surface area contributed by atoms with E-state index in [9.17, 15) is 0 Å². The van der Waals surface area contributed by atoms with Crippen molar-refractivity contribution in [3.05, 3.63) is 51.1 Å². The highest BCUT2D eigenvalue weighted by Crippen LogP contribution is 2.18. The molecule has 0 bridgehead atoms. The van der Waals surface area contributed by atoms with E-state index in [0.29, 0.717) is 0 Å². The molecule has 1 N–H and O–H groups in total. The van der Waals surface area contributed by atoms with Gasteiger partial charge in [-0.2, -0.15) is 0 Å². The molecule has 0 fully saturated rings. The van der Waals surface area contributed by atoms with Crippen molar-refractivity contribution >= 4 is 27.3 Å². The Labute approximate surface area is 120 Å². The number of benzene rings is 1. The van der Waals surface area contributed by atoms with Crippen molar-refractivity contribution in [1.82, 2.24) is 5.32 Å². The van der Waals surface area contributed by atoms with Crippen LogP contribution in [0.4, 0.5) is 0 Å². The van der Waals surface area contributed by atoms with Crippen LogP contribution in [0.3, 0.4) is 0 Å². The second-order valence-corrected chi connectivity index (χ2v) is 6.04. The molecule has 1 atom stereocenters. The Bertz CT molecular complexity index is 472. The van der Waals surface area contributed by atoms with Gasteiger partial charge in [0, 0.05) is 22.4 Å². The fraction of sp³-hybridized carbons (Fsp3) is 0.286. The normalized spacial score (nSPS) is 12.3. The Morgan fingerprint density at radius 2 is 2.22 bits per heavy atom. The van der Waals surface area contributed by atoms with Gasteiger partial charge in [0.1, 0.15) is 11.9 Å². The molecule has 1 aromatic heterocycles. The lowest BCUT2D eigenvalue weighted by Gasteiger charge is -2.15. The zero-order valence-electron chi connectivity index (χ0n) is 10.2. The Morgan fingerprint density at radius 1 is 1.33 bits per heavy atom. The largest absolute Gasteiger partial charge is 0.489 e. The fourth-order valence-corrected chi connectivity index (χ4v) is 2.68. The smallest absolute Gasteiger partial charge is 0.120 e. The summed E-state index contributed by atoms with van der Waals surface area (Å²) < 4.78 is 6.87. The summed E-state index contributed by atoms with van der Waals surface area (Å²) in [6, 6.07) is 12.1. The van der Waals surface area contributed by atoms with Gasteiger partial charge in [-0.25, -0.2) is 0 Å². The quantitative estimate of drug-likeness (QED) is 0.864. The van der Waals surface area contributed by atoms with Crippen LogP contribution < -0.4 is 10.1 Å². The highest BCUT2D eigenvalue weighted by molar-refractivity contribution is 9.10. The molecule has 0 saturated carbocycles. The molecule has 2 rings (SSSR count). The molecule has 0 spiro atoms. The van der Waals surface area contributed by atoms with E-state index in [1.54, 1.807) is 11.3 Å². The van der Waals surface area contributed by atoms with Crippen LogP contribution in [0.2, 0.25) is 0 Å². The molecule has 1 unspecified atom stereocenters. The van der Waals surface area contributed by atoms with Gasteiger partial charge >= 0.3 is 0 Å². The van der Waals surface area contributed by atoms with Crippen molar-refractivity contribution in [3.8, 4) is 5.75 Å². The van der Waals surface area contributed by atoms with Gasteiger partial charge in [0.2, 0.25) is 0 Å². The van der Waals surface area contributed by atoms with Crippen molar-refractivity contribution < 1.29 is 4.74 Å². The predicted molar refractivity (Wildman–Crippen MR) is 80.3 cm³/mol. The molecule has 96 valence electrons. The SMILES string of the molecule is CC(CNCc1cccs1)Oc1cccc(Br)c1. The molecule has 4 heteroatoms. The molecular formula is C14H16BrNOS. The number of hydrogen-bond donors (Lipinski definition) is 1. The third kappa shape index (κ3) is 4.44. The number of rotatable bonds is 6. The molecule has 0 radical (unpaired) electrons. The Kier molecular flexibility index (Phi) is 5.23. The van der Waals surface area contributed by atoms with Crippen molar-refractivity contribution in [1.29, 1.82) is 0 Å². The maximum absolute atomic E-state index is 5.83. The van der Waals surface area contributed by atoms with E-state index >= 15 is 0 Å². The van der Waals surface area contributed by atoms with Gasteiger partial charge < -0.3 is 10.1 Å². The summed E-state index contributed by atoms with van der Waals surface area (Å²) in [5.74, 6) is 0.898. The maximum atomic E-state index is 5.83. The fourth-order valence-electron chi connectivity index (χ4n) is 1.63. The first-order valence-corrected chi connectivity index (χ1v) is 7.56. The standard InChI is InChI=1S/C14H16BrNOS/c1-11(9-16-10-14-6-3-7-18-14)17-13-5-2-4-12(15)8-13/h2-8,11,16H,9-10H2,1H3.